The van der Waals surface area contributed by atoms with Gasteiger partial charge in [-0.05, 0) is 55.3 Å². The van der Waals surface area contributed by atoms with Gasteiger partial charge in [-0.15, -0.1) is 5.10 Å². The molecule has 2 aromatic rings. The minimum atomic E-state index is -3.51. The highest BCUT2D eigenvalue weighted by molar-refractivity contribution is 7.90. The van der Waals surface area contributed by atoms with Crippen LogP contribution in [0.15, 0.2) is 17.3 Å². The lowest BCUT2D eigenvalue weighted by Gasteiger charge is -2.38. The number of aromatic nitrogens is 5. The number of likely N-dealkylation sites (tertiary alicyclic amines) is 1. The normalized spacial score (nSPS) is 20.0. The lowest BCUT2D eigenvalue weighted by molar-refractivity contribution is 0.208. The number of anilines is 1. The third-order valence-corrected chi connectivity index (χ3v) is 6.30. The maximum absolute atomic E-state index is 12.2. The van der Waals surface area contributed by atoms with E-state index in [4.69, 9.17) is 0 Å². The lowest BCUT2D eigenvalue weighted by Crippen LogP contribution is -2.44. The van der Waals surface area contributed by atoms with Crippen molar-refractivity contribution in [3.63, 3.8) is 0 Å². The second-order valence-corrected chi connectivity index (χ2v) is 8.92. The molecule has 1 N–H and O–H groups in total. The molecule has 0 bridgehead atoms. The lowest BCUT2D eigenvalue weighted by atomic mass is 10.0. The van der Waals surface area contributed by atoms with E-state index in [1.807, 2.05) is 6.07 Å². The molecule has 10 heteroatoms. The van der Waals surface area contributed by atoms with Gasteiger partial charge in [-0.1, -0.05) is 0 Å². The second kappa shape index (κ2) is 6.92. The Morgan fingerprint density at radius 3 is 2.50 bits per heavy atom. The van der Waals surface area contributed by atoms with E-state index in [1.54, 1.807) is 6.20 Å². The van der Waals surface area contributed by atoms with Gasteiger partial charge >= 0.3 is 0 Å². The Balaban J connectivity index is 1.65. The first-order chi connectivity index (χ1) is 12.5. The molecule has 0 amide bonds. The van der Waals surface area contributed by atoms with Crippen molar-refractivity contribution in [3.05, 3.63) is 12.3 Å². The van der Waals surface area contributed by atoms with Crippen LogP contribution in [0.3, 0.4) is 0 Å². The predicted molar refractivity (Wildman–Crippen MR) is 96.6 cm³/mol. The molecule has 0 unspecified atom stereocenters. The van der Waals surface area contributed by atoms with Crippen molar-refractivity contribution in [1.82, 2.24) is 30.5 Å². The van der Waals surface area contributed by atoms with Crippen LogP contribution in [-0.4, -0.2) is 77.4 Å². The summed E-state index contributed by atoms with van der Waals surface area (Å²) in [5.41, 5.74) is 1.28. The predicted octanol–water partition coefficient (Wildman–Crippen LogP) is 0.730. The van der Waals surface area contributed by atoms with E-state index in [2.05, 4.69) is 35.4 Å². The molecule has 4 rings (SSSR count). The van der Waals surface area contributed by atoms with Crippen molar-refractivity contribution in [2.24, 2.45) is 0 Å². The van der Waals surface area contributed by atoms with Crippen molar-refractivity contribution in [1.29, 1.82) is 0 Å². The van der Waals surface area contributed by atoms with Gasteiger partial charge in [0.2, 0.25) is 0 Å². The summed E-state index contributed by atoms with van der Waals surface area (Å²) in [6, 6.07) is 2.48. The molecule has 0 saturated carbocycles. The number of pyridine rings is 1. The Morgan fingerprint density at radius 2 is 1.88 bits per heavy atom. The number of hydrogen-bond donors (Lipinski definition) is 1. The number of nitrogens with one attached hydrogen (secondary N) is 1. The molecule has 2 saturated heterocycles. The van der Waals surface area contributed by atoms with Gasteiger partial charge in [0.1, 0.15) is 0 Å². The van der Waals surface area contributed by atoms with E-state index >= 15 is 0 Å². The topological polar surface area (TPSA) is 108 Å². The fourth-order valence-electron chi connectivity index (χ4n) is 4.04. The van der Waals surface area contributed by atoms with Gasteiger partial charge in [-0.2, -0.15) is 0 Å². The maximum Gasteiger partial charge on any atom is 0.193 e. The SMILES string of the molecule is CS(=O)(=O)c1nccc(N2CCC(N3CCCC3)CC2)c1-c1nnn[nH]1. The fraction of sp³-hybridized carbons (Fsp3) is 0.625. The molecule has 0 spiro atoms. The Bertz CT molecular complexity index is 855. The summed E-state index contributed by atoms with van der Waals surface area (Å²) < 4.78 is 24.5. The largest absolute Gasteiger partial charge is 0.371 e. The molecule has 2 aliphatic heterocycles. The van der Waals surface area contributed by atoms with Gasteiger partial charge in [-0.25, -0.2) is 18.5 Å². The van der Waals surface area contributed by atoms with Crippen LogP contribution < -0.4 is 4.90 Å². The first kappa shape index (κ1) is 17.3. The minimum Gasteiger partial charge on any atom is -0.371 e. The third kappa shape index (κ3) is 3.30. The first-order valence-electron chi connectivity index (χ1n) is 8.96. The first-order valence-corrected chi connectivity index (χ1v) is 10.9. The van der Waals surface area contributed by atoms with Crippen molar-refractivity contribution in [3.8, 4) is 11.4 Å². The van der Waals surface area contributed by atoms with Crippen LogP contribution in [0, 0.1) is 0 Å². The number of nitrogens with zero attached hydrogens (tertiary/aromatic N) is 6. The third-order valence-electron chi connectivity index (χ3n) is 5.29. The summed E-state index contributed by atoms with van der Waals surface area (Å²) in [5.74, 6) is 0.329. The number of tetrazole rings is 1. The van der Waals surface area contributed by atoms with Gasteiger partial charge in [0.25, 0.3) is 0 Å². The quantitative estimate of drug-likeness (QED) is 0.831. The van der Waals surface area contributed by atoms with E-state index < -0.39 is 9.84 Å². The summed E-state index contributed by atoms with van der Waals surface area (Å²) in [6.45, 7) is 4.16. The number of rotatable bonds is 4. The van der Waals surface area contributed by atoms with Gasteiger partial charge in [0.05, 0.1) is 11.3 Å². The smallest absolute Gasteiger partial charge is 0.193 e. The Labute approximate surface area is 152 Å². The molecule has 140 valence electrons. The van der Waals surface area contributed by atoms with E-state index in [9.17, 15) is 8.42 Å². The zero-order valence-corrected chi connectivity index (χ0v) is 15.6. The Kier molecular flexibility index (Phi) is 4.62. The summed E-state index contributed by atoms with van der Waals surface area (Å²) in [6.07, 6.45) is 7.45. The van der Waals surface area contributed by atoms with Crippen molar-refractivity contribution in [2.75, 3.05) is 37.3 Å². The van der Waals surface area contributed by atoms with Crippen molar-refractivity contribution in [2.45, 2.75) is 36.8 Å². The van der Waals surface area contributed by atoms with E-state index in [0.717, 1.165) is 37.9 Å². The van der Waals surface area contributed by atoms with E-state index in [-0.39, 0.29) is 5.03 Å². The van der Waals surface area contributed by atoms with Crippen LogP contribution >= 0.6 is 0 Å². The minimum absolute atomic E-state index is 0.00946. The molecule has 26 heavy (non-hydrogen) atoms. The molecule has 0 aromatic carbocycles. The molecule has 2 fully saturated rings. The van der Waals surface area contributed by atoms with Crippen LogP contribution in [0.2, 0.25) is 0 Å². The van der Waals surface area contributed by atoms with Crippen LogP contribution in [-0.2, 0) is 9.84 Å². The van der Waals surface area contributed by atoms with Crippen LogP contribution in [0.1, 0.15) is 25.7 Å². The fourth-order valence-corrected chi connectivity index (χ4v) is 4.87. The average Bonchev–Trinajstić information content (AvgIpc) is 3.34. The van der Waals surface area contributed by atoms with Crippen LogP contribution in [0.5, 0.6) is 0 Å². The summed E-state index contributed by atoms with van der Waals surface area (Å²) in [4.78, 5) is 8.91. The van der Waals surface area contributed by atoms with E-state index in [1.165, 1.54) is 25.9 Å². The number of aromatic amines is 1. The number of hydrogen-bond acceptors (Lipinski definition) is 8. The van der Waals surface area contributed by atoms with E-state index in [0.29, 0.717) is 17.4 Å². The maximum atomic E-state index is 12.2. The monoisotopic (exact) mass is 377 g/mol. The number of piperidine rings is 1. The number of H-pyrrole nitrogens is 1. The van der Waals surface area contributed by atoms with Crippen molar-refractivity contribution >= 4 is 15.5 Å². The van der Waals surface area contributed by atoms with Crippen LogP contribution in [0.25, 0.3) is 11.4 Å². The number of sulfone groups is 1. The molecule has 4 heterocycles. The second-order valence-electron chi connectivity index (χ2n) is 6.99. The zero-order chi connectivity index (χ0) is 18.1. The van der Waals surface area contributed by atoms with Gasteiger partial charge in [-0.3, -0.25) is 0 Å². The highest BCUT2D eigenvalue weighted by Crippen LogP contribution is 2.35. The average molecular weight is 377 g/mol. The standard InChI is InChI=1S/C16H23N7O2S/c1-26(24,25)16-14(15-18-20-21-19-15)13(4-7-17-16)23-10-5-12(6-11-23)22-8-2-3-9-22/h4,7,12H,2-3,5-6,8-11H2,1H3,(H,18,19,20,21). The highest BCUT2D eigenvalue weighted by Gasteiger charge is 2.30. The van der Waals surface area contributed by atoms with Crippen LogP contribution in [0.4, 0.5) is 5.69 Å². The molecular formula is C16H23N7O2S. The zero-order valence-electron chi connectivity index (χ0n) is 14.8. The van der Waals surface area contributed by atoms with Gasteiger partial charge < -0.3 is 9.80 Å². The molecule has 0 radical (unpaired) electrons. The molecule has 0 aliphatic carbocycles. The summed E-state index contributed by atoms with van der Waals surface area (Å²) in [5, 5.41) is 13.8. The molecule has 0 atom stereocenters. The Morgan fingerprint density at radius 1 is 1.15 bits per heavy atom. The van der Waals surface area contributed by atoms with Gasteiger partial charge in [0, 0.05) is 31.6 Å². The molecule has 9 nitrogen and oxygen atoms in total. The van der Waals surface area contributed by atoms with Gasteiger partial charge in [0.15, 0.2) is 20.7 Å². The highest BCUT2D eigenvalue weighted by atomic mass is 32.2. The summed E-state index contributed by atoms with van der Waals surface area (Å²) >= 11 is 0. The van der Waals surface area contributed by atoms with Crippen molar-refractivity contribution < 1.29 is 8.42 Å². The summed E-state index contributed by atoms with van der Waals surface area (Å²) in [7, 11) is -3.51. The Hall–Kier alpha value is -2.07. The molecule has 2 aromatic heterocycles. The molecular weight excluding hydrogens is 354 g/mol. The molecule has 2 aliphatic rings.